The lowest BCUT2D eigenvalue weighted by Crippen LogP contribution is -2.40. The van der Waals surface area contributed by atoms with Crippen LogP contribution in [0.2, 0.25) is 0 Å². The molecule has 0 amide bonds. The molecule has 0 unspecified atom stereocenters. The van der Waals surface area contributed by atoms with Gasteiger partial charge in [-0.25, -0.2) is 0 Å². The number of fused-ring (bicyclic) bond motifs is 1. The van der Waals surface area contributed by atoms with Gasteiger partial charge in [-0.1, -0.05) is 78.0 Å². The van der Waals surface area contributed by atoms with Gasteiger partial charge in [0, 0.05) is 17.0 Å². The topological polar surface area (TPSA) is 3.88 Å². The number of nitrogens with zero attached hydrogens (tertiary/aromatic N) is 1. The molecule has 0 spiro atoms. The average Bonchev–Trinajstić information content (AvgIpc) is 3.05. The molecule has 7 heteroatoms. The van der Waals surface area contributed by atoms with Crippen LogP contribution in [0.25, 0.3) is 5.69 Å². The number of halogens is 4. The van der Waals surface area contributed by atoms with Gasteiger partial charge in [-0.2, -0.15) is 4.57 Å². The number of thiazole rings is 1. The van der Waals surface area contributed by atoms with E-state index >= 15 is 0 Å². The van der Waals surface area contributed by atoms with Crippen molar-refractivity contribution < 1.29 is 21.8 Å². The molecule has 2 atom stereocenters. The first kappa shape index (κ1) is 24.9. The van der Waals surface area contributed by atoms with Crippen LogP contribution < -0.4 is 4.57 Å². The maximum atomic E-state index is 9.75. The highest BCUT2D eigenvalue weighted by atomic mass is 32.1. The summed E-state index contributed by atoms with van der Waals surface area (Å²) in [5, 5.41) is 0. The summed E-state index contributed by atoms with van der Waals surface area (Å²) in [7, 11) is -6.00. The zero-order valence-electron chi connectivity index (χ0n) is 19.1. The maximum absolute atomic E-state index is 9.75. The van der Waals surface area contributed by atoms with Crippen molar-refractivity contribution in [3.63, 3.8) is 0 Å². The number of para-hydroxylation sites is 1. The molecule has 3 rings (SSSR count). The summed E-state index contributed by atoms with van der Waals surface area (Å²) in [5.41, 5.74) is 8.43. The van der Waals surface area contributed by atoms with Crippen molar-refractivity contribution in [2.45, 2.75) is 85.0 Å². The lowest BCUT2D eigenvalue weighted by Gasteiger charge is -2.27. The molecule has 0 aliphatic heterocycles. The molecule has 2 aromatic rings. The second-order valence-electron chi connectivity index (χ2n) is 9.26. The van der Waals surface area contributed by atoms with E-state index < -0.39 is 7.25 Å². The van der Waals surface area contributed by atoms with E-state index in [1.54, 1.807) is 10.6 Å². The normalized spacial score (nSPS) is 19.1. The molecule has 0 N–H and O–H groups in total. The Labute approximate surface area is 182 Å². The van der Waals surface area contributed by atoms with Crippen LogP contribution >= 0.6 is 11.3 Å². The molecule has 0 fully saturated rings. The summed E-state index contributed by atoms with van der Waals surface area (Å²) in [4.78, 5) is 1.62. The van der Waals surface area contributed by atoms with Crippen molar-refractivity contribution in [1.82, 2.24) is 0 Å². The Balaban J connectivity index is 0.000000575. The molecule has 1 aromatic carbocycles. The van der Waals surface area contributed by atoms with E-state index in [2.05, 4.69) is 76.7 Å². The molecule has 0 bridgehead atoms. The van der Waals surface area contributed by atoms with Gasteiger partial charge in [-0.15, -0.1) is 0 Å². The fourth-order valence-electron chi connectivity index (χ4n) is 4.38. The number of hydrogen-bond donors (Lipinski definition) is 0. The lowest BCUT2D eigenvalue weighted by atomic mass is 9.78. The lowest BCUT2D eigenvalue weighted by molar-refractivity contribution is -0.603. The van der Waals surface area contributed by atoms with E-state index in [-0.39, 0.29) is 0 Å². The first-order chi connectivity index (χ1) is 13.8. The Hall–Kier alpha value is -1.37. The summed E-state index contributed by atoms with van der Waals surface area (Å²) in [6, 6.07) is 6.91. The Morgan fingerprint density at radius 1 is 0.933 bits per heavy atom. The molecule has 1 aliphatic rings. The molecule has 1 nitrogen and oxygen atoms in total. The van der Waals surface area contributed by atoms with Gasteiger partial charge in [0.2, 0.25) is 16.9 Å². The third-order valence-electron chi connectivity index (χ3n) is 5.89. The van der Waals surface area contributed by atoms with Gasteiger partial charge in [0.15, 0.2) is 0 Å². The van der Waals surface area contributed by atoms with Gasteiger partial charge in [0.05, 0.1) is 4.88 Å². The van der Waals surface area contributed by atoms with Crippen LogP contribution in [0.3, 0.4) is 0 Å². The minimum absolute atomic E-state index is 0.537. The minimum Gasteiger partial charge on any atom is -0.418 e. The van der Waals surface area contributed by atoms with Crippen LogP contribution in [0.5, 0.6) is 0 Å². The van der Waals surface area contributed by atoms with E-state index in [0.29, 0.717) is 29.6 Å². The molecule has 0 radical (unpaired) electrons. The van der Waals surface area contributed by atoms with E-state index in [9.17, 15) is 17.3 Å². The molecular formula is C23H34BF4NS. The zero-order chi connectivity index (χ0) is 22.8. The summed E-state index contributed by atoms with van der Waals surface area (Å²) >= 11 is 1.98. The van der Waals surface area contributed by atoms with Crippen molar-refractivity contribution in [2.75, 3.05) is 0 Å². The highest BCUT2D eigenvalue weighted by Gasteiger charge is 2.39. The molecular weight excluding hydrogens is 409 g/mol. The second-order valence-corrected chi connectivity index (χ2v) is 10.1. The van der Waals surface area contributed by atoms with E-state index in [4.69, 9.17) is 0 Å². The molecule has 1 aromatic heterocycles. The van der Waals surface area contributed by atoms with Crippen molar-refractivity contribution >= 4 is 18.6 Å². The van der Waals surface area contributed by atoms with Gasteiger partial charge in [-0.3, -0.25) is 0 Å². The Bertz CT molecular complexity index is 810. The first-order valence-corrected chi connectivity index (χ1v) is 11.7. The molecule has 1 aliphatic carbocycles. The SMILES string of the molecule is CC(C)c1cccc(C(C)C)c1-[n+]1csc2c1[C@H](C(C)C)CC[C@H]2C.F[B-](F)(F)F. The third kappa shape index (κ3) is 5.86. The van der Waals surface area contributed by atoms with Crippen molar-refractivity contribution in [2.24, 2.45) is 5.92 Å². The van der Waals surface area contributed by atoms with Crippen LogP contribution in [-0.4, -0.2) is 7.25 Å². The van der Waals surface area contributed by atoms with Crippen LogP contribution in [0.4, 0.5) is 17.3 Å². The Morgan fingerprint density at radius 2 is 1.43 bits per heavy atom. The summed E-state index contributed by atoms with van der Waals surface area (Å²) in [6.45, 7) is 16.5. The summed E-state index contributed by atoms with van der Waals surface area (Å²) in [6.07, 6.45) is 2.66. The van der Waals surface area contributed by atoms with Crippen molar-refractivity contribution in [3.05, 3.63) is 45.4 Å². The van der Waals surface area contributed by atoms with Gasteiger partial charge in [0.1, 0.15) is 0 Å². The number of hydrogen-bond acceptors (Lipinski definition) is 1. The second kappa shape index (κ2) is 9.84. The predicted octanol–water partition coefficient (Wildman–Crippen LogP) is 8.21. The average molecular weight is 443 g/mol. The number of benzene rings is 1. The number of aromatic nitrogens is 1. The quantitative estimate of drug-likeness (QED) is 0.255. The van der Waals surface area contributed by atoms with E-state index in [0.717, 1.165) is 0 Å². The fourth-order valence-corrected chi connectivity index (χ4v) is 5.54. The van der Waals surface area contributed by atoms with Gasteiger partial charge in [0.25, 0.3) is 0 Å². The molecule has 0 saturated carbocycles. The monoisotopic (exact) mass is 443 g/mol. The number of rotatable bonds is 4. The van der Waals surface area contributed by atoms with E-state index in [1.807, 2.05) is 11.3 Å². The van der Waals surface area contributed by atoms with Crippen LogP contribution in [0, 0.1) is 5.92 Å². The zero-order valence-corrected chi connectivity index (χ0v) is 19.9. The largest absolute Gasteiger partial charge is 0.673 e. The highest BCUT2D eigenvalue weighted by Crippen LogP contribution is 2.44. The van der Waals surface area contributed by atoms with E-state index in [1.165, 1.54) is 29.7 Å². The molecule has 168 valence electrons. The van der Waals surface area contributed by atoms with Crippen molar-refractivity contribution in [3.8, 4) is 5.69 Å². The van der Waals surface area contributed by atoms with Crippen molar-refractivity contribution in [1.29, 1.82) is 0 Å². The molecule has 30 heavy (non-hydrogen) atoms. The summed E-state index contributed by atoms with van der Waals surface area (Å²) in [5.74, 6) is 3.15. The Morgan fingerprint density at radius 3 is 1.87 bits per heavy atom. The smallest absolute Gasteiger partial charge is 0.418 e. The van der Waals surface area contributed by atoms with Crippen LogP contribution in [0.1, 0.15) is 107 Å². The van der Waals surface area contributed by atoms with Gasteiger partial charge >= 0.3 is 7.25 Å². The molecule has 0 saturated heterocycles. The first-order valence-electron chi connectivity index (χ1n) is 10.9. The van der Waals surface area contributed by atoms with Crippen LogP contribution in [0.15, 0.2) is 23.7 Å². The van der Waals surface area contributed by atoms with Gasteiger partial charge in [-0.05, 0) is 36.5 Å². The minimum atomic E-state index is -6.00. The fraction of sp³-hybridized carbons (Fsp3) is 0.609. The Kier molecular flexibility index (Phi) is 8.17. The highest BCUT2D eigenvalue weighted by molar-refractivity contribution is 7.09. The maximum Gasteiger partial charge on any atom is 0.673 e. The predicted molar refractivity (Wildman–Crippen MR) is 119 cm³/mol. The van der Waals surface area contributed by atoms with Crippen LogP contribution in [-0.2, 0) is 0 Å². The standard InChI is InChI=1S/C23H34NS.BF4/c1-14(2)18-9-8-10-19(15(3)4)21(18)24-13-25-23-17(7)11-12-20(16(5)6)22(23)24;2-1(3,4)5/h8-10,13-17,20H,11-12H2,1-7H3;/q+1;-1/t17-,20+;/m1./s1. The molecule has 1 heterocycles. The van der Waals surface area contributed by atoms with Gasteiger partial charge < -0.3 is 17.3 Å². The third-order valence-corrected chi connectivity index (χ3v) is 7.08. The summed E-state index contributed by atoms with van der Waals surface area (Å²) < 4.78 is 41.6.